The second kappa shape index (κ2) is 4.76. The highest BCUT2D eigenvalue weighted by Crippen LogP contribution is 2.60. The first-order valence-electron chi connectivity index (χ1n) is 8.72. The zero-order valence-corrected chi connectivity index (χ0v) is 13.2. The van der Waals surface area contributed by atoms with Crippen molar-refractivity contribution in [2.24, 2.45) is 23.2 Å². The zero-order valence-electron chi connectivity index (χ0n) is 13.2. The minimum atomic E-state index is -0.105. The summed E-state index contributed by atoms with van der Waals surface area (Å²) in [5, 5.41) is 3.18. The highest BCUT2D eigenvalue weighted by Gasteiger charge is 2.54. The van der Waals surface area contributed by atoms with Crippen molar-refractivity contribution in [2.45, 2.75) is 38.5 Å². The van der Waals surface area contributed by atoms with Crippen LogP contribution < -0.4 is 5.32 Å². The van der Waals surface area contributed by atoms with E-state index >= 15 is 0 Å². The van der Waals surface area contributed by atoms with Gasteiger partial charge in [0.25, 0.3) is 0 Å². The van der Waals surface area contributed by atoms with Crippen molar-refractivity contribution in [1.29, 1.82) is 0 Å². The van der Waals surface area contributed by atoms with Crippen LogP contribution in [0.3, 0.4) is 0 Å². The summed E-state index contributed by atoms with van der Waals surface area (Å²) in [4.78, 5) is 21.7. The minimum Gasteiger partial charge on any atom is -0.326 e. The Morgan fingerprint density at radius 1 is 0.957 bits per heavy atom. The van der Waals surface area contributed by atoms with E-state index in [1.807, 2.05) is 18.2 Å². The number of benzene rings is 1. The second-order valence-electron chi connectivity index (χ2n) is 7.91. The molecule has 4 heteroatoms. The Bertz CT molecular complexity index is 750. The van der Waals surface area contributed by atoms with Crippen molar-refractivity contribution >= 4 is 22.6 Å². The highest BCUT2D eigenvalue weighted by atomic mass is 16.2. The molecule has 4 nitrogen and oxygen atoms in total. The van der Waals surface area contributed by atoms with Gasteiger partial charge >= 0.3 is 0 Å². The first kappa shape index (κ1) is 13.5. The second-order valence-corrected chi connectivity index (χ2v) is 7.91. The molecule has 4 saturated carbocycles. The number of carbonyl (C=O) groups excluding carboxylic acids is 1. The van der Waals surface area contributed by atoms with Crippen molar-refractivity contribution in [2.75, 3.05) is 5.32 Å². The van der Waals surface area contributed by atoms with E-state index in [0.717, 1.165) is 53.7 Å². The molecule has 0 radical (unpaired) electrons. The van der Waals surface area contributed by atoms with Crippen LogP contribution in [0.4, 0.5) is 5.69 Å². The maximum Gasteiger partial charge on any atom is 0.230 e. The number of carbonyl (C=O) groups is 1. The largest absolute Gasteiger partial charge is 0.326 e. The van der Waals surface area contributed by atoms with Crippen LogP contribution in [-0.2, 0) is 4.79 Å². The molecule has 4 fully saturated rings. The molecule has 1 heterocycles. The summed E-state index contributed by atoms with van der Waals surface area (Å²) in [7, 11) is 0. The first-order chi connectivity index (χ1) is 11.2. The normalized spacial score (nSPS) is 34.7. The molecule has 118 valence electrons. The molecule has 23 heavy (non-hydrogen) atoms. The van der Waals surface area contributed by atoms with E-state index in [-0.39, 0.29) is 11.3 Å². The van der Waals surface area contributed by atoms with E-state index in [2.05, 4.69) is 15.3 Å². The lowest BCUT2D eigenvalue weighted by Crippen LogP contribution is -2.51. The summed E-state index contributed by atoms with van der Waals surface area (Å²) in [6.07, 6.45) is 10.7. The van der Waals surface area contributed by atoms with Gasteiger partial charge in [-0.05, 0) is 74.5 Å². The van der Waals surface area contributed by atoms with E-state index in [4.69, 9.17) is 0 Å². The maximum absolute atomic E-state index is 13.1. The van der Waals surface area contributed by atoms with Crippen molar-refractivity contribution in [3.63, 3.8) is 0 Å². The van der Waals surface area contributed by atoms with E-state index in [9.17, 15) is 4.79 Å². The van der Waals surface area contributed by atoms with Gasteiger partial charge in [0.05, 0.1) is 16.4 Å². The number of amides is 1. The van der Waals surface area contributed by atoms with Gasteiger partial charge in [0, 0.05) is 18.1 Å². The molecule has 1 amide bonds. The fraction of sp³-hybridized carbons (Fsp3) is 0.526. The smallest absolute Gasteiger partial charge is 0.230 e. The lowest BCUT2D eigenvalue weighted by atomic mass is 9.49. The number of fused-ring (bicyclic) bond motifs is 1. The third-order valence-corrected chi connectivity index (χ3v) is 6.25. The SMILES string of the molecule is O=C(Nc1ccc2nccnc2c1)C12CC3CC(CC(C3)C1)C2. The van der Waals surface area contributed by atoms with E-state index in [1.165, 1.54) is 19.3 Å². The standard InChI is InChI=1S/C19H21N3O/c23-18(19-9-12-5-13(10-19)7-14(6-12)11-19)22-15-1-2-16-17(8-15)21-4-3-20-16/h1-4,8,12-14H,5-7,9-11H2,(H,22,23). The Hall–Kier alpha value is -1.97. The molecule has 1 aromatic heterocycles. The Morgan fingerprint density at radius 3 is 2.22 bits per heavy atom. The van der Waals surface area contributed by atoms with Gasteiger partial charge in [-0.1, -0.05) is 0 Å². The highest BCUT2D eigenvalue weighted by molar-refractivity contribution is 5.97. The van der Waals surface area contributed by atoms with Gasteiger partial charge in [0.15, 0.2) is 0 Å². The van der Waals surface area contributed by atoms with Gasteiger partial charge in [-0.3, -0.25) is 14.8 Å². The van der Waals surface area contributed by atoms with E-state index in [1.54, 1.807) is 12.4 Å². The molecule has 4 bridgehead atoms. The zero-order chi connectivity index (χ0) is 15.4. The molecule has 1 N–H and O–H groups in total. The number of nitrogens with zero attached hydrogens (tertiary/aromatic N) is 2. The summed E-state index contributed by atoms with van der Waals surface area (Å²) in [6.45, 7) is 0. The Labute approximate surface area is 135 Å². The molecule has 4 aliphatic carbocycles. The lowest BCUT2D eigenvalue weighted by molar-refractivity contribution is -0.140. The number of nitrogens with one attached hydrogen (secondary N) is 1. The van der Waals surface area contributed by atoms with Crippen LogP contribution in [0, 0.1) is 23.2 Å². The minimum absolute atomic E-state index is 0.105. The van der Waals surface area contributed by atoms with Crippen molar-refractivity contribution in [3.8, 4) is 0 Å². The van der Waals surface area contributed by atoms with Gasteiger partial charge < -0.3 is 5.32 Å². The average Bonchev–Trinajstić information content (AvgIpc) is 2.53. The number of aromatic nitrogens is 2. The molecule has 6 rings (SSSR count). The summed E-state index contributed by atoms with van der Waals surface area (Å²) >= 11 is 0. The number of hydrogen-bond acceptors (Lipinski definition) is 3. The summed E-state index contributed by atoms with van der Waals surface area (Å²) in [5.74, 6) is 2.60. The molecule has 0 aliphatic heterocycles. The molecular weight excluding hydrogens is 286 g/mol. The monoisotopic (exact) mass is 307 g/mol. The maximum atomic E-state index is 13.1. The molecule has 0 saturated heterocycles. The Balaban J connectivity index is 1.42. The number of hydrogen-bond donors (Lipinski definition) is 1. The van der Waals surface area contributed by atoms with Gasteiger partial charge in [-0.15, -0.1) is 0 Å². The van der Waals surface area contributed by atoms with E-state index in [0.29, 0.717) is 0 Å². The molecule has 0 spiro atoms. The van der Waals surface area contributed by atoms with Crippen LogP contribution in [0.1, 0.15) is 38.5 Å². The van der Waals surface area contributed by atoms with Crippen LogP contribution in [0.15, 0.2) is 30.6 Å². The molecule has 2 aromatic rings. The van der Waals surface area contributed by atoms with Gasteiger partial charge in [0.1, 0.15) is 0 Å². The third-order valence-electron chi connectivity index (χ3n) is 6.25. The average molecular weight is 307 g/mol. The van der Waals surface area contributed by atoms with Crippen LogP contribution in [-0.4, -0.2) is 15.9 Å². The summed E-state index contributed by atoms with van der Waals surface area (Å²) < 4.78 is 0. The Kier molecular flexibility index (Phi) is 2.79. The summed E-state index contributed by atoms with van der Waals surface area (Å²) in [6, 6.07) is 5.80. The van der Waals surface area contributed by atoms with Crippen LogP contribution in [0.25, 0.3) is 11.0 Å². The van der Waals surface area contributed by atoms with Gasteiger partial charge in [-0.25, -0.2) is 0 Å². The fourth-order valence-corrected chi connectivity index (χ4v) is 5.69. The number of anilines is 1. The topological polar surface area (TPSA) is 54.9 Å². The molecule has 0 atom stereocenters. The van der Waals surface area contributed by atoms with Crippen LogP contribution in [0.5, 0.6) is 0 Å². The first-order valence-corrected chi connectivity index (χ1v) is 8.72. The predicted octanol–water partition coefficient (Wildman–Crippen LogP) is 3.78. The van der Waals surface area contributed by atoms with Gasteiger partial charge in [-0.2, -0.15) is 0 Å². The molecule has 0 unspecified atom stereocenters. The van der Waals surface area contributed by atoms with Crippen molar-refractivity contribution in [3.05, 3.63) is 30.6 Å². The van der Waals surface area contributed by atoms with Crippen molar-refractivity contribution in [1.82, 2.24) is 9.97 Å². The van der Waals surface area contributed by atoms with Crippen LogP contribution in [0.2, 0.25) is 0 Å². The number of rotatable bonds is 2. The fourth-order valence-electron chi connectivity index (χ4n) is 5.69. The predicted molar refractivity (Wildman–Crippen MR) is 88.8 cm³/mol. The van der Waals surface area contributed by atoms with Crippen LogP contribution >= 0.6 is 0 Å². The van der Waals surface area contributed by atoms with Gasteiger partial charge in [0.2, 0.25) is 5.91 Å². The Morgan fingerprint density at radius 2 is 1.57 bits per heavy atom. The quantitative estimate of drug-likeness (QED) is 0.918. The molecule has 4 aliphatic rings. The molecule has 1 aromatic carbocycles. The summed E-state index contributed by atoms with van der Waals surface area (Å²) in [5.41, 5.74) is 2.43. The van der Waals surface area contributed by atoms with Crippen molar-refractivity contribution < 1.29 is 4.79 Å². The molecular formula is C19H21N3O. The lowest BCUT2D eigenvalue weighted by Gasteiger charge is -2.55. The third kappa shape index (κ3) is 2.15. The van der Waals surface area contributed by atoms with E-state index < -0.39 is 0 Å².